The summed E-state index contributed by atoms with van der Waals surface area (Å²) in [5, 5.41) is 22.2. The zero-order valence-electron chi connectivity index (χ0n) is 21.7. The van der Waals surface area contributed by atoms with E-state index in [2.05, 4.69) is 41.2 Å². The van der Waals surface area contributed by atoms with Gasteiger partial charge < -0.3 is 19.7 Å². The molecule has 37 heavy (non-hydrogen) atoms. The van der Waals surface area contributed by atoms with E-state index >= 15 is 0 Å². The molecule has 2 N–H and O–H groups in total. The third-order valence-electron chi connectivity index (χ3n) is 6.98. The number of nitriles is 1. The van der Waals surface area contributed by atoms with Crippen LogP contribution in [-0.2, 0) is 19.9 Å². The van der Waals surface area contributed by atoms with Crippen LogP contribution in [0.4, 0.5) is 0 Å². The first-order valence-corrected chi connectivity index (χ1v) is 13.2. The number of unbranched alkanes of at least 4 members (excludes halogenated alkanes) is 1. The van der Waals surface area contributed by atoms with Crippen molar-refractivity contribution >= 4 is 5.91 Å². The summed E-state index contributed by atoms with van der Waals surface area (Å²) >= 11 is 0. The number of aromatic nitrogens is 2. The number of carbonyl (C=O) groups is 1. The molecule has 1 unspecified atom stereocenters. The highest BCUT2D eigenvalue weighted by molar-refractivity contribution is 5.95. The zero-order valence-corrected chi connectivity index (χ0v) is 21.7. The predicted molar refractivity (Wildman–Crippen MR) is 143 cm³/mol. The van der Waals surface area contributed by atoms with E-state index in [1.54, 1.807) is 18.2 Å². The number of benzene rings is 2. The van der Waals surface area contributed by atoms with E-state index in [0.29, 0.717) is 29.7 Å². The van der Waals surface area contributed by atoms with Gasteiger partial charge in [-0.2, -0.15) is 5.26 Å². The summed E-state index contributed by atoms with van der Waals surface area (Å²) < 4.78 is 7.97. The van der Waals surface area contributed by atoms with E-state index in [1.807, 2.05) is 19.2 Å². The molecule has 1 heterocycles. The van der Waals surface area contributed by atoms with Gasteiger partial charge in [0, 0.05) is 43.4 Å². The molecule has 0 aliphatic heterocycles. The van der Waals surface area contributed by atoms with Crippen LogP contribution < -0.4 is 10.1 Å². The Hall–Kier alpha value is -3.63. The highest BCUT2D eigenvalue weighted by atomic mass is 16.5. The second-order valence-electron chi connectivity index (χ2n) is 9.83. The lowest BCUT2D eigenvalue weighted by Crippen LogP contribution is -2.37. The summed E-state index contributed by atoms with van der Waals surface area (Å²) in [5.74, 6) is 1.35. The summed E-state index contributed by atoms with van der Waals surface area (Å²) in [6.07, 6.45) is 9.62. The molecule has 0 saturated heterocycles. The number of nitrogens with zero attached hydrogens (tertiary/aromatic N) is 3. The van der Waals surface area contributed by atoms with Gasteiger partial charge in [-0.15, -0.1) is 0 Å². The lowest BCUT2D eigenvalue weighted by atomic mass is 9.96. The number of hydrogen-bond acceptors (Lipinski definition) is 5. The van der Waals surface area contributed by atoms with Crippen molar-refractivity contribution < 1.29 is 14.6 Å². The standard InChI is InChI=1S/C30H36N4O3/c1-3-4-8-29-33-27(20-34(29)2)22-11-9-21(10-12-22)17-25(15-16-35)32-30(36)23-13-14-28(24(18-23)19-31)37-26-6-5-7-26/h9-14,18,20,25-26,35H,3-8,15-17H2,1-2H3,(H,32,36). The monoisotopic (exact) mass is 500 g/mol. The van der Waals surface area contributed by atoms with Crippen LogP contribution >= 0.6 is 0 Å². The molecule has 1 aromatic heterocycles. The maximum absolute atomic E-state index is 13.0. The molecule has 3 aromatic rings. The molecule has 194 valence electrons. The minimum absolute atomic E-state index is 0.0326. The smallest absolute Gasteiger partial charge is 0.251 e. The van der Waals surface area contributed by atoms with E-state index in [1.165, 1.54) is 0 Å². The maximum atomic E-state index is 13.0. The summed E-state index contributed by atoms with van der Waals surface area (Å²) in [4.78, 5) is 17.8. The Morgan fingerprint density at radius 2 is 2.05 bits per heavy atom. The van der Waals surface area contributed by atoms with Gasteiger partial charge in [-0.25, -0.2) is 4.98 Å². The number of ether oxygens (including phenoxy) is 1. The van der Waals surface area contributed by atoms with E-state index in [-0.39, 0.29) is 24.7 Å². The average molecular weight is 501 g/mol. The minimum Gasteiger partial charge on any atom is -0.489 e. The van der Waals surface area contributed by atoms with Gasteiger partial charge in [0.15, 0.2) is 0 Å². The topological polar surface area (TPSA) is 100 Å². The Bertz CT molecular complexity index is 1240. The predicted octanol–water partition coefficient (Wildman–Crippen LogP) is 4.96. The second kappa shape index (κ2) is 12.6. The van der Waals surface area contributed by atoms with Crippen molar-refractivity contribution in [1.82, 2.24) is 14.9 Å². The molecule has 1 aliphatic rings. The number of carbonyl (C=O) groups excluding carboxylic acids is 1. The Balaban J connectivity index is 1.40. The number of aliphatic hydroxyl groups is 1. The number of aryl methyl sites for hydroxylation is 2. The number of nitrogens with one attached hydrogen (secondary N) is 1. The van der Waals surface area contributed by atoms with Crippen molar-refractivity contribution in [1.29, 1.82) is 5.26 Å². The number of aliphatic hydroxyl groups excluding tert-OH is 1. The van der Waals surface area contributed by atoms with Gasteiger partial charge >= 0.3 is 0 Å². The van der Waals surface area contributed by atoms with E-state index in [0.717, 1.165) is 61.2 Å². The second-order valence-corrected chi connectivity index (χ2v) is 9.83. The van der Waals surface area contributed by atoms with Gasteiger partial charge in [-0.05, 0) is 62.3 Å². The molecule has 1 fully saturated rings. The first-order valence-electron chi connectivity index (χ1n) is 13.2. The average Bonchev–Trinajstić information content (AvgIpc) is 3.25. The SMILES string of the molecule is CCCCc1nc(-c2ccc(CC(CCO)NC(=O)c3ccc(OC4CCC4)c(C#N)c3)cc2)cn1C. The van der Waals surface area contributed by atoms with Crippen LogP contribution in [0.3, 0.4) is 0 Å². The molecule has 7 heteroatoms. The van der Waals surface area contributed by atoms with Gasteiger partial charge in [-0.1, -0.05) is 37.6 Å². The Labute approximate surface area is 219 Å². The van der Waals surface area contributed by atoms with Gasteiger partial charge in [0.1, 0.15) is 17.6 Å². The van der Waals surface area contributed by atoms with Crippen molar-refractivity contribution in [3.63, 3.8) is 0 Å². The maximum Gasteiger partial charge on any atom is 0.251 e. The summed E-state index contributed by atoms with van der Waals surface area (Å²) in [5.41, 5.74) is 3.84. The van der Waals surface area contributed by atoms with Crippen LogP contribution in [0.15, 0.2) is 48.7 Å². The Morgan fingerprint density at radius 3 is 2.70 bits per heavy atom. The van der Waals surface area contributed by atoms with Crippen LogP contribution in [0, 0.1) is 11.3 Å². The molecule has 4 rings (SSSR count). The molecule has 0 spiro atoms. The minimum atomic E-state index is -0.269. The van der Waals surface area contributed by atoms with Gasteiger partial charge in [0.25, 0.3) is 5.91 Å². The van der Waals surface area contributed by atoms with Crippen molar-refractivity contribution in [2.75, 3.05) is 6.61 Å². The van der Waals surface area contributed by atoms with E-state index in [9.17, 15) is 15.2 Å². The number of rotatable bonds is 12. The summed E-state index contributed by atoms with van der Waals surface area (Å²) in [7, 11) is 2.03. The van der Waals surface area contributed by atoms with Crippen molar-refractivity contribution in [3.05, 3.63) is 71.2 Å². The summed E-state index contributed by atoms with van der Waals surface area (Å²) in [6, 6.07) is 15.1. The van der Waals surface area contributed by atoms with Gasteiger partial charge in [0.05, 0.1) is 17.4 Å². The van der Waals surface area contributed by atoms with E-state index in [4.69, 9.17) is 9.72 Å². The first-order chi connectivity index (χ1) is 18.0. The molecular formula is C30H36N4O3. The lowest BCUT2D eigenvalue weighted by Gasteiger charge is -2.26. The fourth-order valence-electron chi connectivity index (χ4n) is 4.49. The van der Waals surface area contributed by atoms with Crippen molar-refractivity contribution in [2.24, 2.45) is 7.05 Å². The molecule has 0 radical (unpaired) electrons. The highest BCUT2D eigenvalue weighted by Crippen LogP contribution is 2.28. The van der Waals surface area contributed by atoms with Gasteiger partial charge in [-0.3, -0.25) is 4.79 Å². The van der Waals surface area contributed by atoms with Crippen molar-refractivity contribution in [3.8, 4) is 23.1 Å². The third kappa shape index (κ3) is 6.78. The fourth-order valence-corrected chi connectivity index (χ4v) is 4.49. The van der Waals surface area contributed by atoms with Crippen LogP contribution in [0.25, 0.3) is 11.3 Å². The van der Waals surface area contributed by atoms with Crippen LogP contribution in [0.2, 0.25) is 0 Å². The number of amides is 1. The fraction of sp³-hybridized carbons (Fsp3) is 0.433. The zero-order chi connectivity index (χ0) is 26.2. The van der Waals surface area contributed by atoms with Crippen LogP contribution in [0.5, 0.6) is 5.75 Å². The largest absolute Gasteiger partial charge is 0.489 e. The molecule has 1 amide bonds. The van der Waals surface area contributed by atoms with Crippen LogP contribution in [0.1, 0.15) is 72.8 Å². The Kier molecular flexibility index (Phi) is 8.97. The molecule has 1 atom stereocenters. The number of imidazole rings is 1. The molecule has 1 saturated carbocycles. The molecular weight excluding hydrogens is 464 g/mol. The summed E-state index contributed by atoms with van der Waals surface area (Å²) in [6.45, 7) is 2.15. The normalized spacial score (nSPS) is 14.0. The first kappa shape index (κ1) is 26.4. The third-order valence-corrected chi connectivity index (χ3v) is 6.98. The molecule has 0 bridgehead atoms. The molecule has 2 aromatic carbocycles. The van der Waals surface area contributed by atoms with Gasteiger partial charge in [0.2, 0.25) is 0 Å². The molecule has 1 aliphatic carbocycles. The Morgan fingerprint density at radius 1 is 1.27 bits per heavy atom. The van der Waals surface area contributed by atoms with Crippen LogP contribution in [-0.4, -0.2) is 39.3 Å². The molecule has 7 nitrogen and oxygen atoms in total. The quantitative estimate of drug-likeness (QED) is 0.366. The van der Waals surface area contributed by atoms with E-state index < -0.39 is 0 Å². The number of hydrogen-bond donors (Lipinski definition) is 2. The lowest BCUT2D eigenvalue weighted by molar-refractivity contribution is 0.0930. The highest BCUT2D eigenvalue weighted by Gasteiger charge is 2.21. The van der Waals surface area contributed by atoms with Crippen molar-refractivity contribution in [2.45, 2.75) is 70.4 Å².